The molecular weight excluding hydrogens is 280 g/mol. The molecule has 3 aliphatic carbocycles. The highest BCUT2D eigenvalue weighted by Crippen LogP contribution is 2.72. The lowest BCUT2D eigenvalue weighted by Gasteiger charge is -2.50. The van der Waals surface area contributed by atoms with Gasteiger partial charge in [0, 0.05) is 12.8 Å². The van der Waals surface area contributed by atoms with Crippen LogP contribution in [0.25, 0.3) is 0 Å². The first-order valence-corrected chi connectivity index (χ1v) is 8.62. The van der Waals surface area contributed by atoms with E-state index in [9.17, 15) is 10.4 Å². The summed E-state index contributed by atoms with van der Waals surface area (Å²) in [6.45, 7) is 8.50. The van der Waals surface area contributed by atoms with Gasteiger partial charge in [0.25, 0.3) is 0 Å². The van der Waals surface area contributed by atoms with Crippen molar-refractivity contribution >= 4 is 0 Å². The fourth-order valence-electron chi connectivity index (χ4n) is 7.05. The number of azo groups is 2. The van der Waals surface area contributed by atoms with Gasteiger partial charge in [-0.25, -0.2) is 0 Å². The quantitative estimate of drug-likeness (QED) is 0.509. The first kappa shape index (κ1) is 13.3. The van der Waals surface area contributed by atoms with Gasteiger partial charge in [-0.3, -0.25) is 0 Å². The van der Waals surface area contributed by atoms with Crippen molar-refractivity contribution in [3.05, 3.63) is 10.4 Å². The Morgan fingerprint density at radius 1 is 1.00 bits per heavy atom. The molecule has 6 aliphatic rings. The van der Waals surface area contributed by atoms with E-state index in [1.54, 1.807) is 0 Å². The van der Waals surface area contributed by atoms with E-state index in [1.165, 1.54) is 6.42 Å². The highest BCUT2D eigenvalue weighted by Gasteiger charge is 2.87. The molecule has 0 aromatic heterocycles. The zero-order valence-corrected chi connectivity index (χ0v) is 13.7. The van der Waals surface area contributed by atoms with Crippen LogP contribution in [0.15, 0.2) is 10.2 Å². The molecule has 3 heterocycles. The van der Waals surface area contributed by atoms with Crippen molar-refractivity contribution in [2.75, 3.05) is 0 Å². The van der Waals surface area contributed by atoms with Gasteiger partial charge in [0.1, 0.15) is 11.6 Å². The van der Waals surface area contributed by atoms with Gasteiger partial charge in [-0.2, -0.15) is 0 Å². The maximum atomic E-state index is 12.7. The summed E-state index contributed by atoms with van der Waals surface area (Å²) in [5.41, 5.74) is -1.25. The van der Waals surface area contributed by atoms with Crippen molar-refractivity contribution in [3.8, 4) is 0 Å². The summed E-state index contributed by atoms with van der Waals surface area (Å²) in [6, 6.07) is -0.0656. The zero-order chi connectivity index (χ0) is 15.7. The van der Waals surface area contributed by atoms with Crippen LogP contribution in [0.3, 0.4) is 0 Å². The van der Waals surface area contributed by atoms with Gasteiger partial charge in [0.15, 0.2) is 6.04 Å². The molecule has 0 aromatic carbocycles. The predicted octanol–water partition coefficient (Wildman–Crippen LogP) is 2.90. The number of hydrogen-bond acceptors (Lipinski definition) is 4. The summed E-state index contributed by atoms with van der Waals surface area (Å²) in [5, 5.41) is 34.3. The first-order chi connectivity index (χ1) is 10.2. The molecule has 8 atom stereocenters. The molecule has 0 spiro atoms. The van der Waals surface area contributed by atoms with E-state index in [2.05, 4.69) is 37.9 Å². The number of rotatable bonds is 0. The van der Waals surface area contributed by atoms with Crippen LogP contribution in [0.2, 0.25) is 0 Å². The Bertz CT molecular complexity index is 644. The number of fused-ring (bicyclic) bond motifs is 2. The Hall–Kier alpha value is -1.20. The van der Waals surface area contributed by atoms with Crippen LogP contribution >= 0.6 is 0 Å². The second-order valence-corrected chi connectivity index (χ2v) is 9.00. The van der Waals surface area contributed by atoms with Crippen molar-refractivity contribution in [2.24, 2.45) is 39.3 Å². The Morgan fingerprint density at radius 2 is 1.68 bits per heavy atom. The van der Waals surface area contributed by atoms with E-state index >= 15 is 0 Å². The standard InChI is InChI=1S/C16H24N4O2/c1-14(2)15(3)11-10(16(14,4)20(22)18-15)12-8-6-5-7-9(8)13(11)19(21)17-12/h8-13H,5-7H2,1-4H3/t8-,9+,10+,11-,12-,13+,15+,16-/m0/s1. The lowest BCUT2D eigenvalue weighted by molar-refractivity contribution is -0.655. The maximum absolute atomic E-state index is 12.7. The Balaban J connectivity index is 1.77. The van der Waals surface area contributed by atoms with Crippen molar-refractivity contribution in [1.29, 1.82) is 0 Å². The molecule has 6 rings (SSSR count). The largest absolute Gasteiger partial charge is 0.600 e. The molecule has 0 amide bonds. The summed E-state index contributed by atoms with van der Waals surface area (Å²) in [7, 11) is 0. The third-order valence-electron chi connectivity index (χ3n) is 8.65. The average Bonchev–Trinajstić information content (AvgIpc) is 3.01. The normalized spacial score (nSPS) is 60.0. The van der Waals surface area contributed by atoms with Gasteiger partial charge >= 0.3 is 0 Å². The second kappa shape index (κ2) is 3.34. The molecule has 0 unspecified atom stereocenters. The van der Waals surface area contributed by atoms with Gasteiger partial charge in [0.05, 0.1) is 17.3 Å². The zero-order valence-electron chi connectivity index (χ0n) is 13.7. The minimum atomic E-state index is -0.548. The van der Waals surface area contributed by atoms with Crippen LogP contribution in [0.4, 0.5) is 0 Å². The van der Waals surface area contributed by atoms with E-state index in [1.807, 2.05) is 0 Å². The average molecular weight is 304 g/mol. The molecule has 3 fully saturated rings. The summed E-state index contributed by atoms with van der Waals surface area (Å²) >= 11 is 0. The summed E-state index contributed by atoms with van der Waals surface area (Å²) < 4.78 is 0. The van der Waals surface area contributed by atoms with Gasteiger partial charge < -0.3 is 10.4 Å². The Kier molecular flexibility index (Phi) is 2.01. The fraction of sp³-hybridized carbons (Fsp3) is 1.00. The van der Waals surface area contributed by atoms with E-state index in [0.717, 1.165) is 22.6 Å². The predicted molar refractivity (Wildman–Crippen MR) is 78.1 cm³/mol. The number of nitrogens with zero attached hydrogens (tertiary/aromatic N) is 4. The van der Waals surface area contributed by atoms with Crippen molar-refractivity contribution in [1.82, 2.24) is 0 Å². The molecule has 6 heteroatoms. The fourth-order valence-corrected chi connectivity index (χ4v) is 7.05. The van der Waals surface area contributed by atoms with Crippen molar-refractivity contribution in [3.63, 3.8) is 0 Å². The SMILES string of the molecule is CC1(C)[C@]2(C)N=[N+]([O-])[C@@]1(C)[C@H]1[C@H]3N=[N+]([O-])[C@H]([C@@H]4CCC[C@@H]43)[C@H]12. The summed E-state index contributed by atoms with van der Waals surface area (Å²) in [4.78, 5) is 1.98. The molecule has 0 radical (unpaired) electrons. The molecule has 6 nitrogen and oxygen atoms in total. The van der Waals surface area contributed by atoms with Crippen LogP contribution in [-0.4, -0.2) is 32.9 Å². The number of hydrogen-bond donors (Lipinski definition) is 0. The molecular formula is C16H24N4O2. The molecule has 3 aliphatic heterocycles. The van der Waals surface area contributed by atoms with Crippen LogP contribution in [-0.2, 0) is 0 Å². The molecule has 0 aromatic rings. The minimum Gasteiger partial charge on any atom is -0.600 e. The van der Waals surface area contributed by atoms with Crippen LogP contribution in [0.5, 0.6) is 0 Å². The van der Waals surface area contributed by atoms with Gasteiger partial charge in [-0.1, -0.05) is 30.0 Å². The highest BCUT2D eigenvalue weighted by molar-refractivity contribution is 5.28. The molecule has 3 saturated carbocycles. The van der Waals surface area contributed by atoms with Crippen LogP contribution in [0.1, 0.15) is 47.0 Å². The van der Waals surface area contributed by atoms with Gasteiger partial charge in [-0.05, 0) is 35.9 Å². The lowest BCUT2D eigenvalue weighted by atomic mass is 9.58. The van der Waals surface area contributed by atoms with Gasteiger partial charge in [-0.15, -0.1) is 0 Å². The third-order valence-corrected chi connectivity index (χ3v) is 8.65. The van der Waals surface area contributed by atoms with Crippen molar-refractivity contribution < 1.29 is 9.72 Å². The van der Waals surface area contributed by atoms with Gasteiger partial charge in [0.2, 0.25) is 5.54 Å². The second-order valence-electron chi connectivity index (χ2n) is 9.00. The highest BCUT2D eigenvalue weighted by atomic mass is 16.5. The van der Waals surface area contributed by atoms with Crippen LogP contribution in [0, 0.1) is 39.5 Å². The number of hydroxylamine groups is 2. The van der Waals surface area contributed by atoms with Crippen molar-refractivity contribution in [2.45, 2.75) is 70.1 Å². The molecule has 120 valence electrons. The third kappa shape index (κ3) is 0.984. The minimum absolute atomic E-state index is 0.0121. The van der Waals surface area contributed by atoms with E-state index < -0.39 is 11.1 Å². The van der Waals surface area contributed by atoms with E-state index in [0.29, 0.717) is 11.8 Å². The smallest absolute Gasteiger partial charge is 0.209 e. The van der Waals surface area contributed by atoms with E-state index in [-0.39, 0.29) is 29.3 Å². The molecule has 4 bridgehead atoms. The van der Waals surface area contributed by atoms with Crippen LogP contribution < -0.4 is 0 Å². The summed E-state index contributed by atoms with van der Waals surface area (Å²) in [5.74, 6) is 1.28. The first-order valence-electron chi connectivity index (χ1n) is 8.62. The topological polar surface area (TPSA) is 76.9 Å². The lowest BCUT2D eigenvalue weighted by Crippen LogP contribution is -2.65. The monoisotopic (exact) mass is 304 g/mol. The molecule has 0 N–H and O–H groups in total. The molecule has 22 heavy (non-hydrogen) atoms. The Labute approximate surface area is 130 Å². The summed E-state index contributed by atoms with van der Waals surface area (Å²) in [6.07, 6.45) is 3.49. The maximum Gasteiger partial charge on any atom is 0.209 e. The molecule has 0 saturated heterocycles. The Morgan fingerprint density at radius 3 is 2.41 bits per heavy atom. The van der Waals surface area contributed by atoms with E-state index in [4.69, 9.17) is 0 Å².